The van der Waals surface area contributed by atoms with Crippen LogP contribution in [0.1, 0.15) is 5.56 Å². The topological polar surface area (TPSA) is 78.1 Å². The molecule has 148 valence electrons. The molecule has 0 bridgehead atoms. The summed E-state index contributed by atoms with van der Waals surface area (Å²) < 4.78 is 16.0. The first-order chi connectivity index (χ1) is 12.5. The molecule has 0 heterocycles. The van der Waals surface area contributed by atoms with Crippen LogP contribution in [0.2, 0.25) is 10.0 Å². The molecular weight excluding hydrogens is 504 g/mol. The Morgan fingerprint density at radius 3 is 2.48 bits per heavy atom. The van der Waals surface area contributed by atoms with Gasteiger partial charge >= 0.3 is 0 Å². The van der Waals surface area contributed by atoms with E-state index in [1.54, 1.807) is 38.5 Å². The van der Waals surface area contributed by atoms with Crippen molar-refractivity contribution in [1.29, 1.82) is 0 Å². The van der Waals surface area contributed by atoms with Crippen LogP contribution in [-0.4, -0.2) is 33.3 Å². The van der Waals surface area contributed by atoms with Crippen LogP contribution >= 0.6 is 47.2 Å². The number of aliphatic imine (C=N–C) groups is 1. The lowest BCUT2D eigenvalue weighted by molar-refractivity contribution is 0.128. The number of anilines is 1. The van der Waals surface area contributed by atoms with Gasteiger partial charge in [0.05, 0.1) is 34.0 Å². The molecule has 3 N–H and O–H groups in total. The molecule has 2 aromatic carbocycles. The number of hydrogen-bond donors (Lipinski definition) is 2. The van der Waals surface area contributed by atoms with Crippen LogP contribution in [0.25, 0.3) is 0 Å². The van der Waals surface area contributed by atoms with Crippen LogP contribution in [0, 0.1) is 0 Å². The van der Waals surface area contributed by atoms with Crippen molar-refractivity contribution >= 4 is 58.8 Å². The number of ether oxygens (including phenoxy) is 3. The van der Waals surface area contributed by atoms with Crippen molar-refractivity contribution in [3.05, 3.63) is 52.0 Å². The molecule has 0 aromatic heterocycles. The minimum Gasteiger partial charge on any atom is -0.493 e. The van der Waals surface area contributed by atoms with Crippen molar-refractivity contribution in [3.8, 4) is 11.5 Å². The van der Waals surface area contributed by atoms with E-state index in [1.165, 1.54) is 0 Å². The average Bonchev–Trinajstić information content (AvgIpc) is 2.62. The molecule has 9 heteroatoms. The lowest BCUT2D eigenvalue weighted by Crippen LogP contribution is -2.23. The molecule has 0 fully saturated rings. The van der Waals surface area contributed by atoms with Gasteiger partial charge in [0.1, 0.15) is 0 Å². The Balaban J connectivity index is 0.00000364. The number of guanidine groups is 1. The van der Waals surface area contributed by atoms with Crippen LogP contribution < -0.4 is 20.5 Å². The maximum atomic E-state index is 6.09. The summed E-state index contributed by atoms with van der Waals surface area (Å²) in [4.78, 5) is 4.22. The van der Waals surface area contributed by atoms with E-state index in [-0.39, 0.29) is 29.9 Å². The molecular formula is C18H22Cl2IN3O3. The largest absolute Gasteiger partial charge is 0.493 e. The third kappa shape index (κ3) is 7.61. The molecule has 0 amide bonds. The molecule has 0 spiro atoms. The molecule has 6 nitrogen and oxygen atoms in total. The zero-order valence-corrected chi connectivity index (χ0v) is 18.8. The molecule has 2 aromatic rings. The van der Waals surface area contributed by atoms with Crippen LogP contribution in [0.3, 0.4) is 0 Å². The Bertz CT molecular complexity index is 776. The Labute approximate surface area is 186 Å². The number of methoxy groups -OCH3 is 2. The van der Waals surface area contributed by atoms with Crippen LogP contribution in [0.4, 0.5) is 5.69 Å². The lowest BCUT2D eigenvalue weighted by Gasteiger charge is -2.11. The highest BCUT2D eigenvalue weighted by atomic mass is 127. The summed E-state index contributed by atoms with van der Waals surface area (Å²) in [6.07, 6.45) is 0. The van der Waals surface area contributed by atoms with Gasteiger partial charge in [-0.2, -0.15) is 0 Å². The Morgan fingerprint density at radius 1 is 1.07 bits per heavy atom. The number of nitrogens with two attached hydrogens (primary N) is 1. The van der Waals surface area contributed by atoms with Crippen molar-refractivity contribution in [1.82, 2.24) is 0 Å². The van der Waals surface area contributed by atoms with Gasteiger partial charge < -0.3 is 25.3 Å². The van der Waals surface area contributed by atoms with E-state index in [9.17, 15) is 0 Å². The van der Waals surface area contributed by atoms with Crippen molar-refractivity contribution in [2.75, 3.05) is 32.7 Å². The molecule has 0 saturated heterocycles. The summed E-state index contributed by atoms with van der Waals surface area (Å²) in [7, 11) is 3.15. The minimum atomic E-state index is 0. The summed E-state index contributed by atoms with van der Waals surface area (Å²) in [6.45, 7) is 1.21. The first-order valence-electron chi connectivity index (χ1n) is 7.84. The number of halogens is 3. The fraction of sp³-hybridized carbons (Fsp3) is 0.278. The van der Waals surface area contributed by atoms with Gasteiger partial charge in [0, 0.05) is 21.8 Å². The molecule has 2 rings (SSSR count). The lowest BCUT2D eigenvalue weighted by atomic mass is 10.2. The average molecular weight is 526 g/mol. The van der Waals surface area contributed by atoms with Crippen molar-refractivity contribution in [3.63, 3.8) is 0 Å². The first-order valence-corrected chi connectivity index (χ1v) is 8.59. The fourth-order valence-corrected chi connectivity index (χ4v) is 2.62. The van der Waals surface area contributed by atoms with Crippen LogP contribution in [0.5, 0.6) is 11.5 Å². The maximum Gasteiger partial charge on any atom is 0.193 e. The number of hydrogen-bond acceptors (Lipinski definition) is 4. The quantitative estimate of drug-likeness (QED) is 0.228. The van der Waals surface area contributed by atoms with E-state index in [0.717, 1.165) is 11.3 Å². The van der Waals surface area contributed by atoms with Crippen molar-refractivity contribution in [2.45, 2.75) is 6.61 Å². The third-order valence-electron chi connectivity index (χ3n) is 3.45. The first kappa shape index (κ1) is 23.6. The Morgan fingerprint density at radius 2 is 1.81 bits per heavy atom. The predicted octanol–water partition coefficient (Wildman–Crippen LogP) is 4.57. The second-order valence-electron chi connectivity index (χ2n) is 5.25. The second-order valence-corrected chi connectivity index (χ2v) is 6.09. The predicted molar refractivity (Wildman–Crippen MR) is 121 cm³/mol. The Hall–Kier alpha value is -1.42. The fourth-order valence-electron chi connectivity index (χ4n) is 2.15. The van der Waals surface area contributed by atoms with Gasteiger partial charge in [0.25, 0.3) is 0 Å². The standard InChI is InChI=1S/C18H21Cl2N3O3.HI/c1-24-16-6-5-14(10-17(16)25-2)23-18(21)22-7-8-26-11-12-3-4-13(19)9-15(12)20;/h3-6,9-10H,7-8,11H2,1-2H3,(H3,21,22,23);1H. The van der Waals surface area contributed by atoms with Crippen molar-refractivity contribution in [2.24, 2.45) is 10.7 Å². The molecule has 0 radical (unpaired) electrons. The van der Waals surface area contributed by atoms with Crippen LogP contribution in [-0.2, 0) is 11.3 Å². The number of rotatable bonds is 8. The monoisotopic (exact) mass is 525 g/mol. The summed E-state index contributed by atoms with van der Waals surface area (Å²) in [6, 6.07) is 10.7. The zero-order chi connectivity index (χ0) is 18.9. The molecule has 0 aliphatic carbocycles. The van der Waals surface area contributed by atoms with E-state index < -0.39 is 0 Å². The number of benzene rings is 2. The third-order valence-corrected chi connectivity index (χ3v) is 4.03. The highest BCUT2D eigenvalue weighted by molar-refractivity contribution is 14.0. The highest BCUT2D eigenvalue weighted by Crippen LogP contribution is 2.29. The van der Waals surface area contributed by atoms with Gasteiger partial charge in [-0.3, -0.25) is 4.99 Å². The number of nitrogens with zero attached hydrogens (tertiary/aromatic N) is 1. The molecule has 27 heavy (non-hydrogen) atoms. The number of nitrogens with one attached hydrogen (secondary N) is 1. The molecule has 0 saturated carbocycles. The molecule has 0 atom stereocenters. The van der Waals surface area contributed by atoms with E-state index in [2.05, 4.69) is 10.3 Å². The van der Waals surface area contributed by atoms with Gasteiger partial charge in [-0.1, -0.05) is 29.3 Å². The Kier molecular flexibility index (Phi) is 10.6. The van der Waals surface area contributed by atoms with Gasteiger partial charge in [-0.15, -0.1) is 24.0 Å². The van der Waals surface area contributed by atoms with E-state index in [1.807, 2.05) is 12.1 Å². The van der Waals surface area contributed by atoms with E-state index in [0.29, 0.717) is 41.3 Å². The zero-order valence-electron chi connectivity index (χ0n) is 15.0. The highest BCUT2D eigenvalue weighted by Gasteiger charge is 2.05. The molecule has 0 unspecified atom stereocenters. The molecule has 0 aliphatic heterocycles. The van der Waals surface area contributed by atoms with Crippen LogP contribution in [0.15, 0.2) is 41.4 Å². The van der Waals surface area contributed by atoms with Crippen molar-refractivity contribution < 1.29 is 14.2 Å². The van der Waals surface area contributed by atoms with Gasteiger partial charge in [0.2, 0.25) is 0 Å². The normalized spacial score (nSPS) is 10.9. The summed E-state index contributed by atoms with van der Waals surface area (Å²) in [5, 5.41) is 4.17. The summed E-state index contributed by atoms with van der Waals surface area (Å²) in [5.41, 5.74) is 7.50. The second kappa shape index (κ2) is 12.1. The van der Waals surface area contributed by atoms with Gasteiger partial charge in [-0.05, 0) is 29.8 Å². The van der Waals surface area contributed by atoms with E-state index in [4.69, 9.17) is 43.1 Å². The van der Waals surface area contributed by atoms with Gasteiger partial charge in [-0.25, -0.2) is 0 Å². The van der Waals surface area contributed by atoms with E-state index >= 15 is 0 Å². The minimum absolute atomic E-state index is 0. The van der Waals surface area contributed by atoms with Gasteiger partial charge in [0.15, 0.2) is 17.5 Å². The SMILES string of the molecule is COc1ccc(NC(N)=NCCOCc2ccc(Cl)cc2Cl)cc1OC.I. The molecule has 0 aliphatic rings. The smallest absolute Gasteiger partial charge is 0.193 e. The summed E-state index contributed by atoms with van der Waals surface area (Å²) >= 11 is 11.9. The maximum absolute atomic E-state index is 6.09. The summed E-state index contributed by atoms with van der Waals surface area (Å²) in [5.74, 6) is 1.53.